The minimum absolute atomic E-state index is 0.186. The summed E-state index contributed by atoms with van der Waals surface area (Å²) in [5.41, 5.74) is 2.17. The molecule has 1 aliphatic rings. The number of nitrogens with one attached hydrogen (secondary N) is 1. The number of carbonyl (C=O) groups excluding carboxylic acids is 2. The van der Waals surface area contributed by atoms with E-state index in [9.17, 15) is 19.7 Å². The highest BCUT2D eigenvalue weighted by Gasteiger charge is 2.29. The summed E-state index contributed by atoms with van der Waals surface area (Å²) in [6.07, 6.45) is 0. The van der Waals surface area contributed by atoms with Crippen LogP contribution in [-0.2, 0) is 9.59 Å². The summed E-state index contributed by atoms with van der Waals surface area (Å²) in [7, 11) is 0. The third-order valence-corrected chi connectivity index (χ3v) is 4.41. The number of benzene rings is 2. The number of anilines is 1. The smallest absolute Gasteiger partial charge is 0.271 e. The van der Waals surface area contributed by atoms with E-state index in [0.717, 1.165) is 16.9 Å². The first-order valence-electron chi connectivity index (χ1n) is 9.03. The van der Waals surface area contributed by atoms with E-state index in [2.05, 4.69) is 5.32 Å². The Morgan fingerprint density at radius 1 is 1.28 bits per heavy atom. The first-order chi connectivity index (χ1) is 13.8. The van der Waals surface area contributed by atoms with Gasteiger partial charge >= 0.3 is 0 Å². The summed E-state index contributed by atoms with van der Waals surface area (Å²) in [6.45, 7) is 3.98. The Bertz CT molecular complexity index is 959. The summed E-state index contributed by atoms with van der Waals surface area (Å²) in [6, 6.07) is 9.77. The predicted octanol–water partition coefficient (Wildman–Crippen LogP) is 2.13. The van der Waals surface area contributed by atoms with Crippen molar-refractivity contribution in [1.82, 2.24) is 5.32 Å². The maximum Gasteiger partial charge on any atom is 0.271 e. The molecule has 2 aromatic rings. The van der Waals surface area contributed by atoms with Crippen molar-refractivity contribution in [2.75, 3.05) is 31.2 Å². The lowest BCUT2D eigenvalue weighted by Crippen LogP contribution is -2.45. The van der Waals surface area contributed by atoms with Gasteiger partial charge < -0.3 is 14.8 Å². The molecular formula is C20H21N3O6. The molecule has 2 amide bonds. The largest absolute Gasteiger partial charge is 0.491 e. The Morgan fingerprint density at radius 2 is 2.07 bits per heavy atom. The zero-order valence-corrected chi connectivity index (χ0v) is 16.1. The van der Waals surface area contributed by atoms with E-state index >= 15 is 0 Å². The van der Waals surface area contributed by atoms with E-state index in [1.54, 1.807) is 0 Å². The number of nitro groups is 1. The molecule has 0 saturated heterocycles. The van der Waals surface area contributed by atoms with Crippen LogP contribution in [0, 0.1) is 24.0 Å². The molecule has 0 spiro atoms. The number of nitrogens with zero attached hydrogens (tertiary/aromatic N) is 2. The minimum atomic E-state index is -0.567. The Labute approximate surface area is 167 Å². The molecule has 9 heteroatoms. The first kappa shape index (κ1) is 20.1. The van der Waals surface area contributed by atoms with Crippen molar-refractivity contribution >= 4 is 23.2 Å². The number of ether oxygens (including phenoxy) is 2. The fourth-order valence-electron chi connectivity index (χ4n) is 2.99. The van der Waals surface area contributed by atoms with Crippen LogP contribution in [0.1, 0.15) is 11.1 Å². The molecule has 29 heavy (non-hydrogen) atoms. The lowest BCUT2D eigenvalue weighted by molar-refractivity contribution is -0.384. The van der Waals surface area contributed by atoms with Crippen molar-refractivity contribution in [3.8, 4) is 11.5 Å². The summed E-state index contributed by atoms with van der Waals surface area (Å²) >= 11 is 0. The van der Waals surface area contributed by atoms with E-state index in [1.165, 1.54) is 23.1 Å². The number of carbonyl (C=O) groups is 2. The average molecular weight is 399 g/mol. The van der Waals surface area contributed by atoms with Gasteiger partial charge in [-0.3, -0.25) is 24.6 Å². The van der Waals surface area contributed by atoms with Gasteiger partial charge in [0.25, 0.3) is 11.6 Å². The Hall–Kier alpha value is -3.62. The van der Waals surface area contributed by atoms with Crippen LogP contribution in [0.4, 0.5) is 11.4 Å². The zero-order valence-electron chi connectivity index (χ0n) is 16.1. The van der Waals surface area contributed by atoms with Crippen LogP contribution in [0.25, 0.3) is 0 Å². The van der Waals surface area contributed by atoms with Crippen LogP contribution in [0.5, 0.6) is 11.5 Å². The summed E-state index contributed by atoms with van der Waals surface area (Å²) < 4.78 is 10.9. The molecule has 152 valence electrons. The third-order valence-electron chi connectivity index (χ3n) is 4.41. The van der Waals surface area contributed by atoms with Crippen molar-refractivity contribution in [2.24, 2.45) is 0 Å². The van der Waals surface area contributed by atoms with E-state index in [4.69, 9.17) is 9.47 Å². The summed E-state index contributed by atoms with van der Waals surface area (Å²) in [5, 5.41) is 13.7. The third kappa shape index (κ3) is 4.81. The second-order valence-electron chi connectivity index (χ2n) is 6.65. The van der Waals surface area contributed by atoms with Crippen molar-refractivity contribution in [3.63, 3.8) is 0 Å². The predicted molar refractivity (Wildman–Crippen MR) is 105 cm³/mol. The molecular weight excluding hydrogens is 378 g/mol. The monoisotopic (exact) mass is 399 g/mol. The number of fused-ring (bicyclic) bond motifs is 1. The highest BCUT2D eigenvalue weighted by Crippen LogP contribution is 2.35. The molecule has 0 atom stereocenters. The molecule has 0 fully saturated rings. The molecule has 0 bridgehead atoms. The molecule has 0 aromatic heterocycles. The topological polar surface area (TPSA) is 111 Å². The standard InChI is InChI=1S/C20H21N3O6/c1-13-3-5-17(14(2)9-13)28-8-7-21-19(24)11-22-16-10-15(23(26)27)4-6-18(16)29-12-20(22)25/h3-6,9-10H,7-8,11-12H2,1-2H3,(H,21,24). The number of nitro benzene ring substituents is 1. The first-order valence-corrected chi connectivity index (χ1v) is 9.03. The van der Waals surface area contributed by atoms with Crippen molar-refractivity contribution in [3.05, 3.63) is 57.6 Å². The maximum absolute atomic E-state index is 12.3. The van der Waals surface area contributed by atoms with Gasteiger partial charge in [0.1, 0.15) is 24.7 Å². The van der Waals surface area contributed by atoms with Crippen LogP contribution in [0.15, 0.2) is 36.4 Å². The fourth-order valence-corrected chi connectivity index (χ4v) is 2.99. The average Bonchev–Trinajstić information content (AvgIpc) is 2.68. The van der Waals surface area contributed by atoms with E-state index in [-0.39, 0.29) is 37.7 Å². The van der Waals surface area contributed by atoms with Gasteiger partial charge in [0.05, 0.1) is 17.2 Å². The molecule has 1 heterocycles. The van der Waals surface area contributed by atoms with Gasteiger partial charge in [0.2, 0.25) is 5.91 Å². The highest BCUT2D eigenvalue weighted by molar-refractivity contribution is 6.02. The molecule has 1 N–H and O–H groups in total. The SMILES string of the molecule is Cc1ccc(OCCNC(=O)CN2C(=O)COc3ccc([N+](=O)[O-])cc32)c(C)c1. The molecule has 3 rings (SSSR count). The normalized spacial score (nSPS) is 12.8. The van der Waals surface area contributed by atoms with Crippen molar-refractivity contribution < 1.29 is 24.0 Å². The number of non-ortho nitro benzene ring substituents is 1. The zero-order chi connectivity index (χ0) is 21.0. The lowest BCUT2D eigenvalue weighted by Gasteiger charge is -2.28. The van der Waals surface area contributed by atoms with Gasteiger partial charge in [-0.25, -0.2) is 0 Å². The molecule has 1 aliphatic heterocycles. The van der Waals surface area contributed by atoms with Crippen LogP contribution in [-0.4, -0.2) is 43.0 Å². The van der Waals surface area contributed by atoms with Crippen LogP contribution < -0.4 is 19.7 Å². The van der Waals surface area contributed by atoms with Gasteiger partial charge in [0.15, 0.2) is 6.61 Å². The Morgan fingerprint density at radius 3 is 2.79 bits per heavy atom. The van der Waals surface area contributed by atoms with Crippen LogP contribution in [0.3, 0.4) is 0 Å². The van der Waals surface area contributed by atoms with E-state index in [1.807, 2.05) is 32.0 Å². The summed E-state index contributed by atoms with van der Waals surface area (Å²) in [4.78, 5) is 36.1. The number of hydrogen-bond acceptors (Lipinski definition) is 6. The summed E-state index contributed by atoms with van der Waals surface area (Å²) in [5.74, 6) is 0.220. The molecule has 0 unspecified atom stereocenters. The van der Waals surface area contributed by atoms with Crippen molar-refractivity contribution in [2.45, 2.75) is 13.8 Å². The van der Waals surface area contributed by atoms with E-state index < -0.39 is 16.7 Å². The number of rotatable bonds is 7. The molecule has 0 aliphatic carbocycles. The molecule has 0 saturated carbocycles. The van der Waals surface area contributed by atoms with Gasteiger partial charge in [-0.2, -0.15) is 0 Å². The second-order valence-corrected chi connectivity index (χ2v) is 6.65. The maximum atomic E-state index is 12.3. The van der Waals surface area contributed by atoms with Gasteiger partial charge in [0, 0.05) is 12.1 Å². The highest BCUT2D eigenvalue weighted by atomic mass is 16.6. The van der Waals surface area contributed by atoms with Gasteiger partial charge in [-0.1, -0.05) is 17.7 Å². The molecule has 2 aromatic carbocycles. The number of amides is 2. The molecule has 0 radical (unpaired) electrons. The van der Waals surface area contributed by atoms with E-state index in [0.29, 0.717) is 5.75 Å². The number of aryl methyl sites for hydroxylation is 2. The van der Waals surface area contributed by atoms with Crippen LogP contribution in [0.2, 0.25) is 0 Å². The quantitative estimate of drug-likeness (QED) is 0.434. The Kier molecular flexibility index (Phi) is 5.96. The van der Waals surface area contributed by atoms with Crippen LogP contribution >= 0.6 is 0 Å². The van der Waals surface area contributed by atoms with Crippen molar-refractivity contribution in [1.29, 1.82) is 0 Å². The minimum Gasteiger partial charge on any atom is -0.491 e. The van der Waals surface area contributed by atoms with Gasteiger partial charge in [-0.15, -0.1) is 0 Å². The second kappa shape index (κ2) is 8.59. The number of hydrogen-bond donors (Lipinski definition) is 1. The Balaban J connectivity index is 1.57. The van der Waals surface area contributed by atoms with Gasteiger partial charge in [-0.05, 0) is 31.5 Å². The lowest BCUT2D eigenvalue weighted by atomic mass is 10.1. The fraction of sp³-hybridized carbons (Fsp3) is 0.300. The molecule has 9 nitrogen and oxygen atoms in total.